The largest absolute Gasteiger partial charge is 0.393 e. The summed E-state index contributed by atoms with van der Waals surface area (Å²) in [4.78, 5) is 1.76. The highest BCUT2D eigenvalue weighted by atomic mass is 19.1. The summed E-state index contributed by atoms with van der Waals surface area (Å²) in [6.45, 7) is 0. The van der Waals surface area contributed by atoms with Crippen LogP contribution in [-0.2, 0) is 0 Å². The minimum atomic E-state index is -0.690. The Morgan fingerprint density at radius 2 is 1.68 bits per heavy atom. The molecular weight excluding hydrogens is 250 g/mol. The Bertz CT molecular complexity index is 518. The van der Waals surface area contributed by atoms with E-state index in [0.717, 1.165) is 25.0 Å². The van der Waals surface area contributed by atoms with Gasteiger partial charge in [0.2, 0.25) is 0 Å². The molecule has 2 atom stereocenters. The average Bonchev–Trinajstić information content (AvgIpc) is 2.61. The molecule has 0 radical (unpaired) electrons. The number of anilines is 1. The minimum absolute atomic E-state index is 0.00862. The normalized spacial score (nSPS) is 29.4. The lowest BCUT2D eigenvalue weighted by Crippen LogP contribution is -2.45. The van der Waals surface area contributed by atoms with Crippen molar-refractivity contribution in [2.45, 2.75) is 43.9 Å². The van der Waals surface area contributed by atoms with Gasteiger partial charge in [-0.05, 0) is 37.8 Å². The molecule has 1 aromatic rings. The van der Waals surface area contributed by atoms with Crippen molar-refractivity contribution in [3.63, 3.8) is 0 Å². The molecule has 0 aliphatic carbocycles. The van der Waals surface area contributed by atoms with Crippen molar-refractivity contribution in [1.82, 2.24) is 0 Å². The van der Waals surface area contributed by atoms with E-state index in [1.807, 2.05) is 0 Å². The topological polar surface area (TPSA) is 47.3 Å². The molecule has 0 spiro atoms. The van der Waals surface area contributed by atoms with E-state index in [2.05, 4.69) is 0 Å². The number of halogens is 2. The van der Waals surface area contributed by atoms with Crippen LogP contribution in [0.1, 0.15) is 31.2 Å². The lowest BCUT2D eigenvalue weighted by molar-refractivity contribution is 0.125. The Kier molecular flexibility index (Phi) is 2.90. The number of aliphatic hydroxyl groups excluding tert-OH is 1. The van der Waals surface area contributed by atoms with Crippen LogP contribution in [0.15, 0.2) is 12.1 Å². The maximum Gasteiger partial charge on any atom is 0.150 e. The van der Waals surface area contributed by atoms with Crippen LogP contribution in [-0.4, -0.2) is 23.3 Å². The molecule has 2 heterocycles. The molecule has 2 aliphatic heterocycles. The number of rotatable bonds is 1. The Morgan fingerprint density at radius 1 is 1.16 bits per heavy atom. The average molecular weight is 264 g/mol. The third-order valence-corrected chi connectivity index (χ3v) is 4.11. The van der Waals surface area contributed by atoms with Gasteiger partial charge in [0.05, 0.1) is 17.7 Å². The predicted molar refractivity (Wildman–Crippen MR) is 65.6 cm³/mol. The summed E-state index contributed by atoms with van der Waals surface area (Å²) in [5.74, 6) is -1.38. The van der Waals surface area contributed by atoms with Gasteiger partial charge in [-0.15, -0.1) is 0 Å². The molecule has 2 bridgehead atoms. The number of nitrogens with zero attached hydrogens (tertiary/aromatic N) is 2. The fourth-order valence-corrected chi connectivity index (χ4v) is 3.39. The summed E-state index contributed by atoms with van der Waals surface area (Å²) >= 11 is 0. The van der Waals surface area contributed by atoms with Crippen LogP contribution < -0.4 is 4.90 Å². The van der Waals surface area contributed by atoms with Gasteiger partial charge in [-0.2, -0.15) is 5.26 Å². The van der Waals surface area contributed by atoms with E-state index < -0.39 is 11.6 Å². The first-order chi connectivity index (χ1) is 9.10. The molecule has 2 unspecified atom stereocenters. The van der Waals surface area contributed by atoms with Crippen molar-refractivity contribution in [1.29, 1.82) is 5.26 Å². The van der Waals surface area contributed by atoms with E-state index in [-0.39, 0.29) is 29.4 Å². The number of hydrogen-bond donors (Lipinski definition) is 1. The molecule has 19 heavy (non-hydrogen) atoms. The van der Waals surface area contributed by atoms with E-state index >= 15 is 0 Å². The van der Waals surface area contributed by atoms with Crippen molar-refractivity contribution < 1.29 is 13.9 Å². The smallest absolute Gasteiger partial charge is 0.150 e. The zero-order valence-corrected chi connectivity index (χ0v) is 10.3. The lowest BCUT2D eigenvalue weighted by atomic mass is 9.98. The van der Waals surface area contributed by atoms with Crippen LogP contribution >= 0.6 is 0 Å². The second-order valence-corrected chi connectivity index (χ2v) is 5.32. The number of aliphatic hydroxyl groups is 1. The second kappa shape index (κ2) is 4.46. The van der Waals surface area contributed by atoms with Gasteiger partial charge < -0.3 is 10.0 Å². The van der Waals surface area contributed by atoms with Gasteiger partial charge in [0.1, 0.15) is 5.69 Å². The Morgan fingerprint density at radius 3 is 2.16 bits per heavy atom. The number of hydrogen-bond acceptors (Lipinski definition) is 3. The third-order valence-electron chi connectivity index (χ3n) is 4.11. The molecule has 3 nitrogen and oxygen atoms in total. The molecule has 0 aromatic heterocycles. The van der Waals surface area contributed by atoms with Crippen molar-refractivity contribution in [2.75, 3.05) is 4.90 Å². The van der Waals surface area contributed by atoms with E-state index in [4.69, 9.17) is 5.26 Å². The first kappa shape index (κ1) is 12.4. The van der Waals surface area contributed by atoms with Gasteiger partial charge in [0, 0.05) is 12.1 Å². The first-order valence-corrected chi connectivity index (χ1v) is 6.45. The van der Waals surface area contributed by atoms with Gasteiger partial charge in [-0.25, -0.2) is 8.78 Å². The Labute approximate surface area is 110 Å². The standard InChI is InChI=1S/C14H14F2N2O/c15-12-3-8(7-17)4-13(16)14(12)18-9-1-2-10(18)6-11(19)5-9/h3-4,9-11,19H,1-2,5-6H2. The molecule has 0 saturated carbocycles. The molecular formula is C14H14F2N2O. The van der Waals surface area contributed by atoms with Crippen molar-refractivity contribution in [2.24, 2.45) is 0 Å². The molecule has 5 heteroatoms. The molecule has 2 fully saturated rings. The molecule has 0 amide bonds. The van der Waals surface area contributed by atoms with Crippen molar-refractivity contribution >= 4 is 5.69 Å². The molecule has 1 N–H and O–H groups in total. The predicted octanol–water partition coefficient (Wildman–Crippen LogP) is 2.33. The minimum Gasteiger partial charge on any atom is -0.393 e. The zero-order chi connectivity index (χ0) is 13.6. The maximum atomic E-state index is 14.1. The highest BCUT2D eigenvalue weighted by Crippen LogP contribution is 2.41. The van der Waals surface area contributed by atoms with E-state index in [1.54, 1.807) is 11.0 Å². The SMILES string of the molecule is N#Cc1cc(F)c(N2C3CCC2CC(O)C3)c(F)c1. The summed E-state index contributed by atoms with van der Waals surface area (Å²) in [6, 6.07) is 3.87. The van der Waals surface area contributed by atoms with E-state index in [9.17, 15) is 13.9 Å². The van der Waals surface area contributed by atoms with Crippen LogP contribution in [0.3, 0.4) is 0 Å². The second-order valence-electron chi connectivity index (χ2n) is 5.32. The summed E-state index contributed by atoms with van der Waals surface area (Å²) in [7, 11) is 0. The fraction of sp³-hybridized carbons (Fsp3) is 0.500. The Hall–Kier alpha value is -1.67. The van der Waals surface area contributed by atoms with E-state index in [1.165, 1.54) is 0 Å². The van der Waals surface area contributed by atoms with Crippen LogP contribution in [0, 0.1) is 23.0 Å². The molecule has 2 saturated heterocycles. The van der Waals surface area contributed by atoms with Gasteiger partial charge in [0.15, 0.2) is 11.6 Å². The fourth-order valence-electron chi connectivity index (χ4n) is 3.39. The molecule has 1 aromatic carbocycles. The van der Waals surface area contributed by atoms with Crippen LogP contribution in [0.5, 0.6) is 0 Å². The summed E-state index contributed by atoms with van der Waals surface area (Å²) in [6.07, 6.45) is 2.42. The van der Waals surface area contributed by atoms with Crippen LogP contribution in [0.4, 0.5) is 14.5 Å². The van der Waals surface area contributed by atoms with Gasteiger partial charge in [-0.1, -0.05) is 0 Å². The number of piperidine rings is 1. The lowest BCUT2D eigenvalue weighted by Gasteiger charge is -2.39. The van der Waals surface area contributed by atoms with Crippen LogP contribution in [0.25, 0.3) is 0 Å². The monoisotopic (exact) mass is 264 g/mol. The van der Waals surface area contributed by atoms with Crippen molar-refractivity contribution in [3.8, 4) is 6.07 Å². The number of fused-ring (bicyclic) bond motifs is 2. The van der Waals surface area contributed by atoms with Gasteiger partial charge in [0.25, 0.3) is 0 Å². The highest BCUT2D eigenvalue weighted by molar-refractivity contribution is 5.55. The van der Waals surface area contributed by atoms with Crippen LogP contribution in [0.2, 0.25) is 0 Å². The Balaban J connectivity index is 2.02. The quantitative estimate of drug-likeness (QED) is 0.846. The van der Waals surface area contributed by atoms with E-state index in [0.29, 0.717) is 12.8 Å². The first-order valence-electron chi connectivity index (χ1n) is 6.45. The summed E-state index contributed by atoms with van der Waals surface area (Å²) in [5, 5.41) is 18.4. The maximum absolute atomic E-state index is 14.1. The summed E-state index contributed by atoms with van der Waals surface area (Å²) < 4.78 is 28.1. The van der Waals surface area contributed by atoms with Gasteiger partial charge >= 0.3 is 0 Å². The molecule has 2 aliphatic rings. The zero-order valence-electron chi connectivity index (χ0n) is 10.3. The number of benzene rings is 1. The molecule has 3 rings (SSSR count). The number of nitriles is 1. The highest BCUT2D eigenvalue weighted by Gasteiger charge is 2.42. The summed E-state index contributed by atoms with van der Waals surface area (Å²) in [5.41, 5.74) is -0.0541. The molecule has 100 valence electrons. The van der Waals surface area contributed by atoms with Crippen molar-refractivity contribution in [3.05, 3.63) is 29.3 Å². The van der Waals surface area contributed by atoms with Gasteiger partial charge in [-0.3, -0.25) is 0 Å². The third kappa shape index (κ3) is 1.96.